The predicted octanol–water partition coefficient (Wildman–Crippen LogP) is 4.02. The topological polar surface area (TPSA) is 59.3 Å². The zero-order valence-electron chi connectivity index (χ0n) is 15.5. The number of hydrogen-bond donors (Lipinski definition) is 0. The van der Waals surface area contributed by atoms with Gasteiger partial charge in [-0.2, -0.15) is 5.26 Å². The molecule has 0 bridgehead atoms. The lowest BCUT2D eigenvalue weighted by atomic mass is 9.66. The van der Waals surface area contributed by atoms with Crippen LogP contribution in [0.5, 0.6) is 5.75 Å². The highest BCUT2D eigenvalue weighted by atomic mass is 31.0. The lowest BCUT2D eigenvalue weighted by Gasteiger charge is -2.36. The van der Waals surface area contributed by atoms with E-state index in [1.54, 1.807) is 0 Å². The van der Waals surface area contributed by atoms with Crippen molar-refractivity contribution in [1.29, 1.82) is 5.26 Å². The minimum atomic E-state index is -0.539. The fourth-order valence-corrected chi connectivity index (χ4v) is 4.68. The van der Waals surface area contributed by atoms with Crippen molar-refractivity contribution in [3.8, 4) is 11.8 Å². The molecule has 0 amide bonds. The van der Waals surface area contributed by atoms with Crippen LogP contribution in [0.4, 0.5) is 0 Å². The average molecular weight is 373 g/mol. The highest BCUT2D eigenvalue weighted by Gasteiger charge is 2.39. The van der Waals surface area contributed by atoms with Crippen molar-refractivity contribution < 1.29 is 14.3 Å². The number of benzene rings is 1. The van der Waals surface area contributed by atoms with Crippen molar-refractivity contribution in [2.75, 3.05) is 7.11 Å². The molecule has 0 spiro atoms. The summed E-state index contributed by atoms with van der Waals surface area (Å²) in [5, 5.41) is 11.1. The van der Waals surface area contributed by atoms with Crippen molar-refractivity contribution >= 4 is 20.5 Å². The number of ether oxygens (including phenoxy) is 2. The van der Waals surface area contributed by atoms with Crippen LogP contribution in [-0.2, 0) is 14.9 Å². The fraction of sp³-hybridized carbons (Fsp3) is 0.619. The van der Waals surface area contributed by atoms with E-state index < -0.39 is 5.41 Å². The maximum atomic E-state index is 11.7. The molecule has 0 aliphatic heterocycles. The fourth-order valence-electron chi connectivity index (χ4n) is 4.43. The number of methoxy groups -OCH3 is 1. The molecule has 3 unspecified atom stereocenters. The highest BCUT2D eigenvalue weighted by molar-refractivity contribution is 7.27. The normalized spacial score (nSPS) is 26.3. The summed E-state index contributed by atoms with van der Waals surface area (Å²) < 4.78 is 11.1. The number of rotatable bonds is 5. The van der Waals surface area contributed by atoms with Crippen LogP contribution in [0, 0.1) is 17.2 Å². The van der Waals surface area contributed by atoms with Gasteiger partial charge in [0.25, 0.3) is 0 Å². The zero-order chi connectivity index (χ0) is 18.6. The van der Waals surface area contributed by atoms with Gasteiger partial charge in [-0.25, -0.2) is 0 Å². The summed E-state index contributed by atoms with van der Waals surface area (Å²) in [5.74, 6) is 0.893. The molecular formula is C21H28NO3P. The summed E-state index contributed by atoms with van der Waals surface area (Å²) in [4.78, 5) is 11.7. The van der Waals surface area contributed by atoms with Crippen LogP contribution in [0.25, 0.3) is 0 Å². The summed E-state index contributed by atoms with van der Waals surface area (Å²) in [6.45, 7) is 0. The average Bonchev–Trinajstić information content (AvgIpc) is 3.16. The van der Waals surface area contributed by atoms with Crippen LogP contribution in [-0.4, -0.2) is 19.2 Å². The molecule has 0 radical (unpaired) electrons. The molecule has 2 saturated carbocycles. The third-order valence-corrected chi connectivity index (χ3v) is 6.39. The monoisotopic (exact) mass is 373 g/mol. The minimum absolute atomic E-state index is 0.186. The lowest BCUT2D eigenvalue weighted by Crippen LogP contribution is -2.33. The largest absolute Gasteiger partial charge is 0.490 e. The molecule has 2 fully saturated rings. The number of carbonyl (C=O) groups excluding carboxylic acids is 1. The summed E-state index contributed by atoms with van der Waals surface area (Å²) in [5.41, 5.74) is 0.483. The van der Waals surface area contributed by atoms with Crippen LogP contribution >= 0.6 is 9.24 Å². The van der Waals surface area contributed by atoms with E-state index >= 15 is 0 Å². The first-order valence-electron chi connectivity index (χ1n) is 9.61. The first-order chi connectivity index (χ1) is 12.6. The van der Waals surface area contributed by atoms with Crippen LogP contribution in [0.2, 0.25) is 0 Å². The van der Waals surface area contributed by atoms with Gasteiger partial charge in [-0.3, -0.25) is 4.79 Å². The molecule has 0 saturated heterocycles. The first kappa shape index (κ1) is 19.2. The Morgan fingerprint density at radius 3 is 2.77 bits per heavy atom. The maximum absolute atomic E-state index is 11.7. The van der Waals surface area contributed by atoms with Crippen molar-refractivity contribution in [2.45, 2.75) is 69.3 Å². The van der Waals surface area contributed by atoms with Crippen molar-refractivity contribution in [3.63, 3.8) is 0 Å². The van der Waals surface area contributed by atoms with E-state index in [1.807, 2.05) is 12.1 Å². The minimum Gasteiger partial charge on any atom is -0.490 e. The van der Waals surface area contributed by atoms with Gasteiger partial charge >= 0.3 is 5.97 Å². The summed E-state index contributed by atoms with van der Waals surface area (Å²) in [6, 6.07) is 8.72. The Morgan fingerprint density at radius 2 is 2.08 bits per heavy atom. The number of esters is 1. The van der Waals surface area contributed by atoms with Gasteiger partial charge in [-0.05, 0) is 62.5 Å². The molecule has 0 aromatic heterocycles. The van der Waals surface area contributed by atoms with Gasteiger partial charge in [0.05, 0.1) is 24.7 Å². The summed E-state index contributed by atoms with van der Waals surface area (Å²) in [6.07, 6.45) is 8.84. The van der Waals surface area contributed by atoms with E-state index in [0.717, 1.165) is 48.7 Å². The third-order valence-electron chi connectivity index (χ3n) is 5.91. The zero-order valence-corrected chi connectivity index (χ0v) is 16.7. The van der Waals surface area contributed by atoms with E-state index in [-0.39, 0.29) is 11.9 Å². The third kappa shape index (κ3) is 4.21. The van der Waals surface area contributed by atoms with Crippen LogP contribution < -0.4 is 10.0 Å². The molecule has 3 rings (SSSR count). The molecule has 26 heavy (non-hydrogen) atoms. The Hall–Kier alpha value is -1.59. The molecule has 1 aromatic carbocycles. The molecule has 4 nitrogen and oxygen atoms in total. The Kier molecular flexibility index (Phi) is 6.20. The van der Waals surface area contributed by atoms with Crippen molar-refractivity contribution in [3.05, 3.63) is 23.8 Å². The molecule has 0 heterocycles. The Morgan fingerprint density at radius 1 is 1.31 bits per heavy atom. The van der Waals surface area contributed by atoms with E-state index in [2.05, 4.69) is 21.4 Å². The summed E-state index contributed by atoms with van der Waals surface area (Å²) >= 11 is 0. The second kappa shape index (κ2) is 8.40. The van der Waals surface area contributed by atoms with Gasteiger partial charge in [0.2, 0.25) is 0 Å². The molecule has 0 N–H and O–H groups in total. The number of hydrogen-bond acceptors (Lipinski definition) is 4. The molecule has 5 heteroatoms. The van der Waals surface area contributed by atoms with Gasteiger partial charge in [-0.15, -0.1) is 9.24 Å². The van der Waals surface area contributed by atoms with Crippen molar-refractivity contribution in [1.82, 2.24) is 0 Å². The Balaban J connectivity index is 1.82. The molecule has 140 valence electrons. The number of nitrogens with zero attached hydrogens (tertiary/aromatic N) is 1. The quantitative estimate of drug-likeness (QED) is 0.578. The van der Waals surface area contributed by atoms with Crippen molar-refractivity contribution in [2.24, 2.45) is 5.92 Å². The van der Waals surface area contributed by atoms with E-state index in [0.29, 0.717) is 18.9 Å². The Labute approximate surface area is 158 Å². The van der Waals surface area contributed by atoms with Gasteiger partial charge in [0.15, 0.2) is 0 Å². The van der Waals surface area contributed by atoms with Gasteiger partial charge in [0.1, 0.15) is 5.75 Å². The molecule has 1 aromatic rings. The summed E-state index contributed by atoms with van der Waals surface area (Å²) in [7, 11) is 4.16. The van der Waals surface area contributed by atoms with E-state index in [1.165, 1.54) is 20.0 Å². The number of carbonyl (C=O) groups is 1. The molecule has 3 atom stereocenters. The smallest absolute Gasteiger partial charge is 0.305 e. The molecule has 2 aliphatic rings. The second-order valence-corrected chi connectivity index (χ2v) is 8.34. The van der Waals surface area contributed by atoms with Gasteiger partial charge in [0, 0.05) is 11.7 Å². The van der Waals surface area contributed by atoms with Crippen LogP contribution in [0.15, 0.2) is 18.2 Å². The van der Waals surface area contributed by atoms with Crippen LogP contribution in [0.3, 0.4) is 0 Å². The predicted molar refractivity (Wildman–Crippen MR) is 105 cm³/mol. The molecule has 2 aliphatic carbocycles. The van der Waals surface area contributed by atoms with Crippen LogP contribution in [0.1, 0.15) is 63.4 Å². The standard InChI is InChI=1S/C21H28NO3P/c1-24-20(23)11-15-5-4-10-21(13-15,14-22)16-8-9-19(26)18(12-16)25-17-6-2-3-7-17/h8-9,12,15,17H,2-7,10-11,13,26H2,1H3. The lowest BCUT2D eigenvalue weighted by molar-refractivity contribution is -0.142. The maximum Gasteiger partial charge on any atom is 0.305 e. The SMILES string of the molecule is COC(=O)CC1CCCC(C#N)(c2ccc(P)c(OC3CCCC3)c2)C1. The number of nitriles is 1. The van der Waals surface area contributed by atoms with E-state index in [4.69, 9.17) is 9.47 Å². The van der Waals surface area contributed by atoms with E-state index in [9.17, 15) is 10.1 Å². The highest BCUT2D eigenvalue weighted by Crippen LogP contribution is 2.43. The Bertz CT molecular complexity index is 693. The molecular weight excluding hydrogens is 345 g/mol. The van der Waals surface area contributed by atoms with Gasteiger partial charge in [-0.1, -0.05) is 18.6 Å². The van der Waals surface area contributed by atoms with Gasteiger partial charge < -0.3 is 9.47 Å². The first-order valence-corrected chi connectivity index (χ1v) is 10.2. The second-order valence-electron chi connectivity index (χ2n) is 7.71.